The summed E-state index contributed by atoms with van der Waals surface area (Å²) in [5.74, 6) is 1.78. The van der Waals surface area contributed by atoms with Crippen LogP contribution in [0.5, 0.6) is 5.75 Å². The van der Waals surface area contributed by atoms with Crippen molar-refractivity contribution in [2.75, 3.05) is 7.11 Å². The van der Waals surface area contributed by atoms with Gasteiger partial charge in [-0.2, -0.15) is 0 Å². The molecule has 23 heavy (non-hydrogen) atoms. The van der Waals surface area contributed by atoms with Crippen LogP contribution in [-0.4, -0.2) is 7.11 Å². The van der Waals surface area contributed by atoms with E-state index < -0.39 is 0 Å². The molecule has 1 heteroatoms. The molecule has 2 aromatic rings. The van der Waals surface area contributed by atoms with Crippen LogP contribution in [0.4, 0.5) is 0 Å². The second-order valence-corrected chi connectivity index (χ2v) is 6.25. The van der Waals surface area contributed by atoms with Crippen molar-refractivity contribution in [2.24, 2.45) is 11.8 Å². The maximum absolute atomic E-state index is 5.31. The van der Waals surface area contributed by atoms with Gasteiger partial charge in [0, 0.05) is 11.8 Å². The molecule has 114 valence electrons. The Morgan fingerprint density at radius 3 is 1.70 bits per heavy atom. The summed E-state index contributed by atoms with van der Waals surface area (Å²) < 4.78 is 5.31. The molecule has 2 aliphatic carbocycles. The van der Waals surface area contributed by atoms with Crippen molar-refractivity contribution in [3.05, 3.63) is 95.1 Å². The van der Waals surface area contributed by atoms with E-state index >= 15 is 0 Å². The Hall–Kier alpha value is -2.54. The van der Waals surface area contributed by atoms with Gasteiger partial charge in [0.05, 0.1) is 7.11 Å². The second-order valence-electron chi connectivity index (χ2n) is 6.25. The molecule has 0 saturated carbocycles. The highest BCUT2D eigenvalue weighted by Crippen LogP contribution is 2.45. The van der Waals surface area contributed by atoms with E-state index in [-0.39, 0.29) is 0 Å². The number of methoxy groups -OCH3 is 1. The number of ether oxygens (including phenoxy) is 1. The molecule has 0 atom stereocenters. The van der Waals surface area contributed by atoms with Gasteiger partial charge in [-0.1, -0.05) is 66.3 Å². The van der Waals surface area contributed by atoms with Crippen molar-refractivity contribution in [1.29, 1.82) is 0 Å². The predicted octanol–water partition coefficient (Wildman–Crippen LogP) is 5.18. The van der Waals surface area contributed by atoms with Crippen LogP contribution in [0.15, 0.2) is 78.4 Å². The average molecular weight is 300 g/mol. The fourth-order valence-corrected chi connectivity index (χ4v) is 3.56. The van der Waals surface area contributed by atoms with E-state index in [1.54, 1.807) is 7.11 Å². The van der Waals surface area contributed by atoms with Crippen LogP contribution in [0.2, 0.25) is 0 Å². The van der Waals surface area contributed by atoms with E-state index in [0.717, 1.165) is 5.75 Å². The third-order valence-electron chi connectivity index (χ3n) is 4.78. The number of hydrogen-bond acceptors (Lipinski definition) is 1. The molecule has 2 bridgehead atoms. The molecule has 2 aromatic carbocycles. The van der Waals surface area contributed by atoms with E-state index in [2.05, 4.69) is 67.6 Å². The smallest absolute Gasteiger partial charge is 0.118 e. The van der Waals surface area contributed by atoms with Gasteiger partial charge in [0.15, 0.2) is 0 Å². The summed E-state index contributed by atoms with van der Waals surface area (Å²) >= 11 is 0. The van der Waals surface area contributed by atoms with Crippen LogP contribution >= 0.6 is 0 Å². The molecule has 0 aromatic heterocycles. The fraction of sp³-hybridized carbons (Fsp3) is 0.182. The van der Waals surface area contributed by atoms with Crippen LogP contribution in [-0.2, 0) is 0 Å². The maximum atomic E-state index is 5.31. The number of benzene rings is 2. The molecule has 0 aliphatic heterocycles. The predicted molar refractivity (Wildman–Crippen MR) is 95.5 cm³/mol. The Balaban J connectivity index is 1.88. The molecule has 4 rings (SSSR count). The van der Waals surface area contributed by atoms with Gasteiger partial charge in [-0.15, -0.1) is 0 Å². The van der Waals surface area contributed by atoms with Crippen molar-refractivity contribution in [1.82, 2.24) is 0 Å². The van der Waals surface area contributed by atoms with Gasteiger partial charge in [-0.05, 0) is 41.3 Å². The van der Waals surface area contributed by atoms with Crippen LogP contribution in [0.3, 0.4) is 0 Å². The van der Waals surface area contributed by atoms with Gasteiger partial charge in [0.1, 0.15) is 5.75 Å². The molecule has 0 amide bonds. The van der Waals surface area contributed by atoms with Gasteiger partial charge in [0.25, 0.3) is 0 Å². The lowest BCUT2D eigenvalue weighted by atomic mass is 9.87. The Morgan fingerprint density at radius 1 is 0.739 bits per heavy atom. The normalized spacial score (nSPS) is 21.0. The molecule has 0 heterocycles. The molecule has 2 aliphatic rings. The summed E-state index contributed by atoms with van der Waals surface area (Å²) in [7, 11) is 1.71. The lowest BCUT2D eigenvalue weighted by molar-refractivity contribution is 0.415. The minimum atomic E-state index is 0.443. The standard InChI is InChI=1S/C22H20O/c1-15-3-5-16(6-4-15)21(19-11-13-20(23-2)14-12-19)22-17-7-8-18(22)10-9-17/h3-14,17-18H,1-2H3. The van der Waals surface area contributed by atoms with E-state index in [1.807, 2.05) is 12.1 Å². The first kappa shape index (κ1) is 14.1. The Morgan fingerprint density at radius 2 is 1.22 bits per heavy atom. The number of allylic oxidation sites excluding steroid dienone is 5. The first-order valence-electron chi connectivity index (χ1n) is 8.08. The Labute approximate surface area is 137 Å². The van der Waals surface area contributed by atoms with Gasteiger partial charge in [-0.3, -0.25) is 0 Å². The third kappa shape index (κ3) is 2.43. The Kier molecular flexibility index (Phi) is 3.42. The molecular formula is C22H20O. The SMILES string of the molecule is COc1ccc(C(=C2C3C=CC2C=C3)c2ccc(C)cc2)cc1. The summed E-state index contributed by atoms with van der Waals surface area (Å²) in [6, 6.07) is 17.3. The van der Waals surface area contributed by atoms with Crippen molar-refractivity contribution >= 4 is 5.57 Å². The van der Waals surface area contributed by atoms with E-state index in [0.29, 0.717) is 11.8 Å². The molecular weight excluding hydrogens is 280 g/mol. The monoisotopic (exact) mass is 300 g/mol. The van der Waals surface area contributed by atoms with Crippen LogP contribution in [0.1, 0.15) is 16.7 Å². The number of fused-ring (bicyclic) bond motifs is 2. The minimum absolute atomic E-state index is 0.443. The van der Waals surface area contributed by atoms with Crippen molar-refractivity contribution in [3.8, 4) is 5.75 Å². The van der Waals surface area contributed by atoms with E-state index in [9.17, 15) is 0 Å². The molecule has 1 nitrogen and oxygen atoms in total. The first-order chi connectivity index (χ1) is 11.3. The number of rotatable bonds is 3. The van der Waals surface area contributed by atoms with Crippen molar-refractivity contribution in [2.45, 2.75) is 6.92 Å². The Bertz CT molecular complexity index is 772. The van der Waals surface area contributed by atoms with E-state index in [1.165, 1.54) is 27.8 Å². The summed E-state index contributed by atoms with van der Waals surface area (Å²) in [5.41, 5.74) is 6.69. The average Bonchev–Trinajstić information content (AvgIpc) is 3.18. The summed E-state index contributed by atoms with van der Waals surface area (Å²) in [6.07, 6.45) is 9.27. The van der Waals surface area contributed by atoms with Crippen LogP contribution in [0.25, 0.3) is 5.57 Å². The minimum Gasteiger partial charge on any atom is -0.497 e. The molecule has 0 unspecified atom stereocenters. The van der Waals surface area contributed by atoms with Gasteiger partial charge in [-0.25, -0.2) is 0 Å². The number of aryl methyl sites for hydroxylation is 1. The zero-order valence-corrected chi connectivity index (χ0v) is 13.5. The van der Waals surface area contributed by atoms with Crippen molar-refractivity contribution < 1.29 is 4.74 Å². The van der Waals surface area contributed by atoms with Crippen LogP contribution < -0.4 is 4.74 Å². The molecule has 0 saturated heterocycles. The van der Waals surface area contributed by atoms with Crippen molar-refractivity contribution in [3.63, 3.8) is 0 Å². The summed E-state index contributed by atoms with van der Waals surface area (Å²) in [5, 5.41) is 0. The maximum Gasteiger partial charge on any atom is 0.118 e. The molecule has 0 spiro atoms. The third-order valence-corrected chi connectivity index (χ3v) is 4.78. The zero-order valence-electron chi connectivity index (χ0n) is 13.5. The van der Waals surface area contributed by atoms with Gasteiger partial charge >= 0.3 is 0 Å². The highest BCUT2D eigenvalue weighted by Gasteiger charge is 2.30. The topological polar surface area (TPSA) is 9.23 Å². The lowest BCUT2D eigenvalue weighted by Crippen LogP contribution is -2.01. The molecule has 0 radical (unpaired) electrons. The molecule has 0 fully saturated rings. The lowest BCUT2D eigenvalue weighted by Gasteiger charge is -2.17. The summed E-state index contributed by atoms with van der Waals surface area (Å²) in [6.45, 7) is 2.13. The highest BCUT2D eigenvalue weighted by molar-refractivity contribution is 5.85. The zero-order chi connectivity index (χ0) is 15.8. The highest BCUT2D eigenvalue weighted by atomic mass is 16.5. The van der Waals surface area contributed by atoms with E-state index in [4.69, 9.17) is 4.74 Å². The molecule has 0 N–H and O–H groups in total. The quantitative estimate of drug-likeness (QED) is 0.710. The second kappa shape index (κ2) is 5.58. The van der Waals surface area contributed by atoms with Gasteiger partial charge in [0.2, 0.25) is 0 Å². The fourth-order valence-electron chi connectivity index (χ4n) is 3.56. The summed E-state index contributed by atoms with van der Waals surface area (Å²) in [4.78, 5) is 0. The van der Waals surface area contributed by atoms with Gasteiger partial charge < -0.3 is 4.74 Å². The van der Waals surface area contributed by atoms with Crippen LogP contribution in [0, 0.1) is 18.8 Å². The first-order valence-corrected chi connectivity index (χ1v) is 8.08. The largest absolute Gasteiger partial charge is 0.497 e. The number of hydrogen-bond donors (Lipinski definition) is 0.